The van der Waals surface area contributed by atoms with Gasteiger partial charge in [0.25, 0.3) is 0 Å². The predicted octanol–water partition coefficient (Wildman–Crippen LogP) is 1.34. The van der Waals surface area contributed by atoms with Crippen molar-refractivity contribution >= 4 is 5.69 Å². The van der Waals surface area contributed by atoms with Crippen molar-refractivity contribution in [3.05, 3.63) is 29.6 Å². The molecule has 1 heterocycles. The smallest absolute Gasteiger partial charge is 0.154 e. The lowest BCUT2D eigenvalue weighted by molar-refractivity contribution is 0.265. The van der Waals surface area contributed by atoms with Gasteiger partial charge in [-0.1, -0.05) is 12.1 Å². The van der Waals surface area contributed by atoms with Crippen molar-refractivity contribution in [1.82, 2.24) is 9.80 Å². The Morgan fingerprint density at radius 3 is 3.00 bits per heavy atom. The molecule has 0 bridgehead atoms. The first-order valence-corrected chi connectivity index (χ1v) is 5.91. The molecule has 0 saturated carbocycles. The van der Waals surface area contributed by atoms with Crippen molar-refractivity contribution in [2.45, 2.75) is 19.0 Å². The summed E-state index contributed by atoms with van der Waals surface area (Å²) < 4.78 is 13.3. The van der Waals surface area contributed by atoms with Crippen molar-refractivity contribution in [3.8, 4) is 0 Å². The number of nitrogens with zero attached hydrogens (tertiary/aromatic N) is 2. The van der Waals surface area contributed by atoms with Gasteiger partial charge in [0.15, 0.2) is 5.82 Å². The van der Waals surface area contributed by atoms with Gasteiger partial charge in [-0.15, -0.1) is 0 Å². The second-order valence-electron chi connectivity index (χ2n) is 4.87. The van der Waals surface area contributed by atoms with Gasteiger partial charge in [0.2, 0.25) is 0 Å². The topological polar surface area (TPSA) is 32.5 Å². The molecule has 1 radical (unpaired) electrons. The summed E-state index contributed by atoms with van der Waals surface area (Å²) >= 11 is 0. The molecule has 3 nitrogen and oxygen atoms in total. The number of likely N-dealkylation sites (tertiary alicyclic amines) is 1. The highest BCUT2D eigenvalue weighted by Gasteiger charge is 2.24. The minimum atomic E-state index is -0.439. The van der Waals surface area contributed by atoms with E-state index in [0.29, 0.717) is 6.04 Å². The first kappa shape index (κ1) is 12.3. The fourth-order valence-electron chi connectivity index (χ4n) is 2.28. The fraction of sp³-hybridized carbons (Fsp3) is 0.538. The number of nitrogen functional groups attached to an aromatic ring is 1. The third kappa shape index (κ3) is 2.76. The summed E-state index contributed by atoms with van der Waals surface area (Å²) in [7, 11) is 4.19. The lowest BCUT2D eigenvalue weighted by atomic mass is 10.1. The van der Waals surface area contributed by atoms with E-state index in [-0.39, 0.29) is 5.69 Å². The number of nitrogens with two attached hydrogens (primary N) is 1. The molecule has 93 valence electrons. The Hall–Kier alpha value is -1.13. The van der Waals surface area contributed by atoms with Crippen molar-refractivity contribution in [1.29, 1.82) is 0 Å². The van der Waals surface area contributed by atoms with Crippen LogP contribution in [0.1, 0.15) is 12.0 Å². The molecular formula is C13H19FN3. The molecule has 4 heteroatoms. The van der Waals surface area contributed by atoms with E-state index >= 15 is 0 Å². The standard InChI is InChI=1S/C13H19FN3/c1-16(2)11-6-7-17(9-11)8-10-4-3-5-12(14)13(10)15/h3-4,11H,6-9,15H2,1-2H3/t11-/m0/s1. The molecule has 1 aromatic carbocycles. The molecular weight excluding hydrogens is 217 g/mol. The van der Waals surface area contributed by atoms with Crippen LogP contribution in [-0.2, 0) is 6.54 Å². The Morgan fingerprint density at radius 1 is 1.59 bits per heavy atom. The van der Waals surface area contributed by atoms with Crippen LogP contribution >= 0.6 is 0 Å². The molecule has 1 fully saturated rings. The van der Waals surface area contributed by atoms with Crippen LogP contribution in [0.2, 0.25) is 0 Å². The summed E-state index contributed by atoms with van der Waals surface area (Å²) in [5.74, 6) is -0.439. The highest BCUT2D eigenvalue weighted by atomic mass is 19.1. The van der Waals surface area contributed by atoms with Gasteiger partial charge in [0, 0.05) is 31.7 Å². The van der Waals surface area contributed by atoms with Gasteiger partial charge in [-0.05, 0) is 26.1 Å². The number of benzene rings is 1. The van der Waals surface area contributed by atoms with E-state index in [4.69, 9.17) is 5.73 Å². The van der Waals surface area contributed by atoms with Crippen LogP contribution in [0.15, 0.2) is 12.1 Å². The van der Waals surface area contributed by atoms with Gasteiger partial charge in [0.05, 0.1) is 5.69 Å². The molecule has 1 saturated heterocycles. The third-order valence-corrected chi connectivity index (χ3v) is 3.45. The highest BCUT2D eigenvalue weighted by molar-refractivity contribution is 5.47. The third-order valence-electron chi connectivity index (χ3n) is 3.45. The van der Waals surface area contributed by atoms with Crippen LogP contribution in [0, 0.1) is 11.9 Å². The van der Waals surface area contributed by atoms with Crippen LogP contribution in [0.5, 0.6) is 0 Å². The second-order valence-corrected chi connectivity index (χ2v) is 4.87. The maximum absolute atomic E-state index is 13.3. The SMILES string of the molecule is CN(C)[C@H]1CCN(Cc2cc[c]c(F)c2N)C1. The Kier molecular flexibility index (Phi) is 3.64. The summed E-state index contributed by atoms with van der Waals surface area (Å²) in [6.07, 6.45) is 1.16. The number of halogens is 1. The van der Waals surface area contributed by atoms with Gasteiger partial charge < -0.3 is 10.6 Å². The highest BCUT2D eigenvalue weighted by Crippen LogP contribution is 2.21. The fourth-order valence-corrected chi connectivity index (χ4v) is 2.28. The summed E-state index contributed by atoms with van der Waals surface area (Å²) in [5, 5.41) is 0. The first-order valence-electron chi connectivity index (χ1n) is 5.91. The number of anilines is 1. The Bertz CT molecular complexity index is 392. The van der Waals surface area contributed by atoms with E-state index in [9.17, 15) is 4.39 Å². The number of likely N-dealkylation sites (N-methyl/N-ethyl adjacent to an activating group) is 1. The minimum absolute atomic E-state index is 0.237. The normalized spacial score (nSPS) is 21.3. The van der Waals surface area contributed by atoms with E-state index in [1.807, 2.05) is 6.07 Å². The minimum Gasteiger partial charge on any atom is -0.396 e. The van der Waals surface area contributed by atoms with Crippen molar-refractivity contribution in [2.75, 3.05) is 32.9 Å². The molecule has 0 aliphatic carbocycles. The van der Waals surface area contributed by atoms with Crippen molar-refractivity contribution in [2.24, 2.45) is 0 Å². The second kappa shape index (κ2) is 5.02. The molecule has 1 atom stereocenters. The molecule has 1 aliphatic rings. The largest absolute Gasteiger partial charge is 0.396 e. The summed E-state index contributed by atoms with van der Waals surface area (Å²) in [5.41, 5.74) is 6.81. The first-order chi connectivity index (χ1) is 8.08. The average molecular weight is 236 g/mol. The molecule has 0 unspecified atom stereocenters. The van der Waals surface area contributed by atoms with E-state index in [1.54, 1.807) is 6.07 Å². The van der Waals surface area contributed by atoms with Gasteiger partial charge in [-0.2, -0.15) is 0 Å². The van der Waals surface area contributed by atoms with E-state index < -0.39 is 5.82 Å². The van der Waals surface area contributed by atoms with E-state index in [1.165, 1.54) is 0 Å². The van der Waals surface area contributed by atoms with Gasteiger partial charge in [0.1, 0.15) is 0 Å². The van der Waals surface area contributed by atoms with Crippen LogP contribution in [0.25, 0.3) is 0 Å². The molecule has 0 amide bonds. The maximum Gasteiger partial charge on any atom is 0.154 e. The van der Waals surface area contributed by atoms with E-state index in [2.05, 4.69) is 30.0 Å². The summed E-state index contributed by atoms with van der Waals surface area (Å²) in [6, 6.07) is 6.51. The summed E-state index contributed by atoms with van der Waals surface area (Å²) in [6.45, 7) is 2.79. The zero-order valence-corrected chi connectivity index (χ0v) is 10.4. The van der Waals surface area contributed by atoms with Crippen molar-refractivity contribution in [3.63, 3.8) is 0 Å². The predicted molar refractivity (Wildman–Crippen MR) is 67.0 cm³/mol. The lowest BCUT2D eigenvalue weighted by Gasteiger charge is -2.20. The van der Waals surface area contributed by atoms with Crippen LogP contribution < -0.4 is 5.73 Å². The monoisotopic (exact) mass is 236 g/mol. The van der Waals surface area contributed by atoms with Crippen LogP contribution in [0.4, 0.5) is 10.1 Å². The molecule has 1 aromatic rings. The summed E-state index contributed by atoms with van der Waals surface area (Å²) in [4.78, 5) is 4.55. The quantitative estimate of drug-likeness (QED) is 0.804. The van der Waals surface area contributed by atoms with Crippen molar-refractivity contribution < 1.29 is 4.39 Å². The van der Waals surface area contributed by atoms with Crippen LogP contribution in [0.3, 0.4) is 0 Å². The number of hydrogen-bond acceptors (Lipinski definition) is 3. The zero-order valence-electron chi connectivity index (χ0n) is 10.4. The Morgan fingerprint density at radius 2 is 2.35 bits per heavy atom. The average Bonchev–Trinajstić information content (AvgIpc) is 2.73. The number of hydrogen-bond donors (Lipinski definition) is 1. The number of rotatable bonds is 3. The molecule has 2 N–H and O–H groups in total. The molecule has 0 aromatic heterocycles. The Balaban J connectivity index is 2.00. The van der Waals surface area contributed by atoms with Gasteiger partial charge in [-0.3, -0.25) is 4.90 Å². The molecule has 17 heavy (non-hydrogen) atoms. The van der Waals surface area contributed by atoms with Gasteiger partial charge >= 0.3 is 0 Å². The molecule has 1 aliphatic heterocycles. The maximum atomic E-state index is 13.3. The van der Waals surface area contributed by atoms with E-state index in [0.717, 1.165) is 31.6 Å². The van der Waals surface area contributed by atoms with Gasteiger partial charge in [-0.25, -0.2) is 4.39 Å². The lowest BCUT2D eigenvalue weighted by Crippen LogP contribution is -2.31. The molecule has 2 rings (SSSR count). The zero-order chi connectivity index (χ0) is 12.4. The van der Waals surface area contributed by atoms with Crippen LogP contribution in [-0.4, -0.2) is 43.0 Å². The molecule has 0 spiro atoms. The Labute approximate surface area is 102 Å².